The van der Waals surface area contributed by atoms with Gasteiger partial charge in [0.15, 0.2) is 12.4 Å². The predicted octanol–water partition coefficient (Wildman–Crippen LogP) is 0.333. The number of nitrogens with one attached hydrogen (secondary N) is 2. The Morgan fingerprint density at radius 2 is 2.30 bits per heavy atom. The molecule has 1 amide bonds. The number of nitrogens with zero attached hydrogens (tertiary/aromatic N) is 2. The lowest BCUT2D eigenvalue weighted by Gasteiger charge is -2.08. The molecule has 0 unspecified atom stereocenters. The van der Waals surface area contributed by atoms with Crippen LogP contribution in [-0.4, -0.2) is 31.0 Å². The third kappa shape index (κ3) is 4.55. The number of rotatable bonds is 7. The first kappa shape index (κ1) is 15.4. The molecule has 0 aliphatic rings. The van der Waals surface area contributed by atoms with Crippen LogP contribution in [-0.2, 0) is 11.3 Å². The van der Waals surface area contributed by atoms with Crippen molar-refractivity contribution in [2.75, 3.05) is 20.2 Å². The minimum Gasteiger partial charge on any atom is -0.477 e. The number of nitriles is 1. The fraction of sp³-hybridized carbons (Fsp3) is 0.333. The maximum atomic E-state index is 11.3. The first-order valence-electron chi connectivity index (χ1n) is 5.77. The molecule has 0 heterocycles. The molecule has 20 heavy (non-hydrogen) atoms. The van der Waals surface area contributed by atoms with Gasteiger partial charge in [0.2, 0.25) is 0 Å². The van der Waals surface area contributed by atoms with Crippen molar-refractivity contribution in [3.05, 3.63) is 33.9 Å². The van der Waals surface area contributed by atoms with Gasteiger partial charge in [-0.1, -0.05) is 6.07 Å². The highest BCUT2D eigenvalue weighted by Crippen LogP contribution is 2.27. The zero-order chi connectivity index (χ0) is 15.0. The van der Waals surface area contributed by atoms with Crippen molar-refractivity contribution < 1.29 is 14.5 Å². The molecule has 0 saturated heterocycles. The van der Waals surface area contributed by atoms with Crippen molar-refractivity contribution in [2.45, 2.75) is 6.54 Å². The minimum absolute atomic E-state index is 0.0157. The Hall–Kier alpha value is -2.66. The van der Waals surface area contributed by atoms with Crippen molar-refractivity contribution in [1.82, 2.24) is 10.6 Å². The molecule has 0 bridgehead atoms. The molecule has 2 N–H and O–H groups in total. The summed E-state index contributed by atoms with van der Waals surface area (Å²) in [7, 11) is 1.73. The number of carbonyl (C=O) groups excluding carboxylic acids is 1. The van der Waals surface area contributed by atoms with Crippen LogP contribution in [0.1, 0.15) is 5.56 Å². The summed E-state index contributed by atoms with van der Waals surface area (Å²) in [6.45, 7) is -0.0247. The highest BCUT2D eigenvalue weighted by atomic mass is 16.6. The summed E-state index contributed by atoms with van der Waals surface area (Å²) >= 11 is 0. The van der Waals surface area contributed by atoms with E-state index in [2.05, 4.69) is 10.6 Å². The summed E-state index contributed by atoms with van der Waals surface area (Å²) in [6.07, 6.45) is 0. The number of hydrogen-bond acceptors (Lipinski definition) is 6. The monoisotopic (exact) mass is 278 g/mol. The zero-order valence-electron chi connectivity index (χ0n) is 10.9. The standard InChI is InChI=1S/C12H14N4O4/c1-14-7-9-2-3-11(10(6-9)16(18)19)20-8-12(17)15-5-4-13/h2-3,6,14H,5,7-8H2,1H3,(H,15,17). The molecule has 0 fully saturated rings. The van der Waals surface area contributed by atoms with E-state index >= 15 is 0 Å². The fourth-order valence-corrected chi connectivity index (χ4v) is 1.47. The van der Waals surface area contributed by atoms with Gasteiger partial charge in [-0.25, -0.2) is 0 Å². The third-order valence-corrected chi connectivity index (χ3v) is 2.32. The second kappa shape index (κ2) is 7.70. The van der Waals surface area contributed by atoms with Gasteiger partial charge in [-0.15, -0.1) is 0 Å². The molecule has 0 aliphatic carbocycles. The number of nitro benzene ring substituents is 1. The number of ether oxygens (including phenoxy) is 1. The highest BCUT2D eigenvalue weighted by molar-refractivity contribution is 5.77. The predicted molar refractivity (Wildman–Crippen MR) is 70.0 cm³/mol. The van der Waals surface area contributed by atoms with Gasteiger partial charge >= 0.3 is 5.69 Å². The normalized spacial score (nSPS) is 9.60. The van der Waals surface area contributed by atoms with Crippen molar-refractivity contribution in [3.63, 3.8) is 0 Å². The number of nitro groups is 1. The highest BCUT2D eigenvalue weighted by Gasteiger charge is 2.16. The Morgan fingerprint density at radius 3 is 2.90 bits per heavy atom. The van der Waals surface area contributed by atoms with Gasteiger partial charge in [0.1, 0.15) is 6.54 Å². The quantitative estimate of drug-likeness (QED) is 0.421. The molecule has 0 atom stereocenters. The molecule has 8 nitrogen and oxygen atoms in total. The van der Waals surface area contributed by atoms with Crippen LogP contribution in [0.4, 0.5) is 5.69 Å². The first-order valence-corrected chi connectivity index (χ1v) is 5.77. The molecule has 0 spiro atoms. The average Bonchev–Trinajstić information content (AvgIpc) is 2.43. The molecule has 0 aliphatic heterocycles. The molecule has 1 rings (SSSR count). The van der Waals surface area contributed by atoms with Crippen LogP contribution in [0.15, 0.2) is 18.2 Å². The Kier molecular flexibility index (Phi) is 5.93. The number of benzene rings is 1. The van der Waals surface area contributed by atoms with Crippen LogP contribution in [0.25, 0.3) is 0 Å². The maximum absolute atomic E-state index is 11.3. The topological polar surface area (TPSA) is 117 Å². The second-order valence-electron chi connectivity index (χ2n) is 3.81. The molecule has 8 heteroatoms. The number of amides is 1. The van der Waals surface area contributed by atoms with E-state index in [-0.39, 0.29) is 24.6 Å². The van der Waals surface area contributed by atoms with Crippen LogP contribution in [0.2, 0.25) is 0 Å². The third-order valence-electron chi connectivity index (χ3n) is 2.32. The van der Waals surface area contributed by atoms with Gasteiger partial charge in [0.05, 0.1) is 11.0 Å². The number of carbonyl (C=O) groups is 1. The van der Waals surface area contributed by atoms with Gasteiger partial charge in [0, 0.05) is 12.6 Å². The van der Waals surface area contributed by atoms with Crippen molar-refractivity contribution in [2.24, 2.45) is 0 Å². The van der Waals surface area contributed by atoms with Gasteiger partial charge in [-0.3, -0.25) is 14.9 Å². The Bertz CT molecular complexity index is 539. The molecule has 0 aromatic heterocycles. The van der Waals surface area contributed by atoms with Crippen molar-refractivity contribution >= 4 is 11.6 Å². The smallest absolute Gasteiger partial charge is 0.311 e. The average molecular weight is 278 g/mol. The first-order chi connectivity index (χ1) is 9.58. The van der Waals surface area contributed by atoms with Crippen LogP contribution < -0.4 is 15.4 Å². The Balaban J connectivity index is 2.76. The van der Waals surface area contributed by atoms with Gasteiger partial charge in [-0.05, 0) is 18.7 Å². The fourth-order valence-electron chi connectivity index (χ4n) is 1.47. The van der Waals surface area contributed by atoms with Gasteiger partial charge < -0.3 is 15.4 Å². The molecule has 1 aromatic rings. The molecule has 1 aromatic carbocycles. The van der Waals surface area contributed by atoms with Crippen LogP contribution >= 0.6 is 0 Å². The SMILES string of the molecule is CNCc1ccc(OCC(=O)NCC#N)c([N+](=O)[O-])c1. The van der Waals surface area contributed by atoms with E-state index in [9.17, 15) is 14.9 Å². The largest absolute Gasteiger partial charge is 0.477 e. The van der Waals surface area contributed by atoms with Crippen molar-refractivity contribution in [3.8, 4) is 11.8 Å². The summed E-state index contributed by atoms with van der Waals surface area (Å²) in [6, 6.07) is 6.25. The molecule has 106 valence electrons. The summed E-state index contributed by atoms with van der Waals surface area (Å²) < 4.78 is 5.11. The van der Waals surface area contributed by atoms with E-state index in [0.29, 0.717) is 6.54 Å². The zero-order valence-corrected chi connectivity index (χ0v) is 10.9. The lowest BCUT2D eigenvalue weighted by molar-refractivity contribution is -0.385. The van der Waals surface area contributed by atoms with E-state index in [1.54, 1.807) is 19.2 Å². The van der Waals surface area contributed by atoms with E-state index < -0.39 is 10.8 Å². The van der Waals surface area contributed by atoms with E-state index in [4.69, 9.17) is 10.00 Å². The van der Waals surface area contributed by atoms with Gasteiger partial charge in [0.25, 0.3) is 5.91 Å². The molecular formula is C12H14N4O4. The van der Waals surface area contributed by atoms with Crippen LogP contribution in [0.3, 0.4) is 0 Å². The summed E-state index contributed by atoms with van der Waals surface area (Å²) in [5.74, 6) is -0.498. The Morgan fingerprint density at radius 1 is 1.55 bits per heavy atom. The maximum Gasteiger partial charge on any atom is 0.311 e. The molecule has 0 saturated carbocycles. The van der Waals surface area contributed by atoms with Crippen molar-refractivity contribution in [1.29, 1.82) is 5.26 Å². The summed E-state index contributed by atoms with van der Waals surface area (Å²) in [5.41, 5.74) is 0.534. The Labute approximate surface area is 115 Å². The lowest BCUT2D eigenvalue weighted by atomic mass is 10.2. The van der Waals surface area contributed by atoms with Crippen LogP contribution in [0.5, 0.6) is 5.75 Å². The summed E-state index contributed by atoms with van der Waals surface area (Å²) in [5, 5.41) is 24.4. The minimum atomic E-state index is -0.568. The summed E-state index contributed by atoms with van der Waals surface area (Å²) in [4.78, 5) is 21.6. The van der Waals surface area contributed by atoms with E-state index in [1.807, 2.05) is 0 Å². The number of hydrogen-bond donors (Lipinski definition) is 2. The van der Waals surface area contributed by atoms with Crippen LogP contribution in [0, 0.1) is 21.4 Å². The molecular weight excluding hydrogens is 264 g/mol. The lowest BCUT2D eigenvalue weighted by Crippen LogP contribution is -2.29. The second-order valence-corrected chi connectivity index (χ2v) is 3.81. The van der Waals surface area contributed by atoms with E-state index in [0.717, 1.165) is 5.56 Å². The van der Waals surface area contributed by atoms with Gasteiger partial charge in [-0.2, -0.15) is 5.26 Å². The van der Waals surface area contributed by atoms with E-state index in [1.165, 1.54) is 12.1 Å². The molecule has 0 radical (unpaired) electrons.